The molecule has 4 rings (SSSR count). The van der Waals surface area contributed by atoms with E-state index in [0.29, 0.717) is 29.9 Å². The summed E-state index contributed by atoms with van der Waals surface area (Å²) in [6.45, 7) is 1.17. The summed E-state index contributed by atoms with van der Waals surface area (Å²) < 4.78 is 25.2. The number of rotatable bonds is 5. The molecule has 5 nitrogen and oxygen atoms in total. The molecule has 1 aromatic rings. The molecule has 3 N–H and O–H groups in total. The molecule has 2 bridgehead atoms. The Morgan fingerprint density at radius 1 is 1.22 bits per heavy atom. The number of fused-ring (bicyclic) bond motifs is 2. The van der Waals surface area contributed by atoms with E-state index in [0.717, 1.165) is 45.1 Å². The van der Waals surface area contributed by atoms with E-state index < -0.39 is 5.82 Å². The van der Waals surface area contributed by atoms with Gasteiger partial charge in [0.15, 0.2) is 0 Å². The van der Waals surface area contributed by atoms with Crippen LogP contribution in [-0.2, 0) is 9.53 Å². The quantitative estimate of drug-likeness (QED) is 0.825. The Labute approximate surface area is 159 Å². The molecule has 148 valence electrons. The number of amides is 1. The van der Waals surface area contributed by atoms with E-state index in [4.69, 9.17) is 15.2 Å². The third kappa shape index (κ3) is 4.27. The van der Waals surface area contributed by atoms with Gasteiger partial charge in [0, 0.05) is 24.6 Å². The van der Waals surface area contributed by atoms with Crippen molar-refractivity contribution in [1.29, 1.82) is 0 Å². The first-order valence-electron chi connectivity index (χ1n) is 10.2. The predicted molar refractivity (Wildman–Crippen MR) is 101 cm³/mol. The average Bonchev–Trinajstić information content (AvgIpc) is 3.14. The van der Waals surface area contributed by atoms with Crippen LogP contribution in [0.3, 0.4) is 0 Å². The number of benzene rings is 1. The summed E-state index contributed by atoms with van der Waals surface area (Å²) in [4.78, 5) is 12.9. The molecule has 0 spiro atoms. The average molecular weight is 376 g/mol. The lowest BCUT2D eigenvalue weighted by atomic mass is 9.65. The number of halogens is 1. The summed E-state index contributed by atoms with van der Waals surface area (Å²) in [5.74, 6) is 0.845. The largest absolute Gasteiger partial charge is 0.489 e. The molecular formula is C21H29FN2O3. The first kappa shape index (κ1) is 18.7. The van der Waals surface area contributed by atoms with Crippen LogP contribution < -0.4 is 15.8 Å². The van der Waals surface area contributed by atoms with Gasteiger partial charge in [-0.05, 0) is 62.5 Å². The number of hydrogen-bond acceptors (Lipinski definition) is 4. The minimum absolute atomic E-state index is 0.0497. The van der Waals surface area contributed by atoms with Crippen LogP contribution in [0, 0.1) is 23.6 Å². The predicted octanol–water partition coefficient (Wildman–Crippen LogP) is 3.48. The van der Waals surface area contributed by atoms with Crippen molar-refractivity contribution in [2.45, 2.75) is 57.1 Å². The number of ether oxygens (including phenoxy) is 2. The molecule has 3 fully saturated rings. The van der Waals surface area contributed by atoms with Gasteiger partial charge in [-0.2, -0.15) is 0 Å². The highest BCUT2D eigenvalue weighted by molar-refractivity contribution is 5.94. The minimum Gasteiger partial charge on any atom is -0.489 e. The van der Waals surface area contributed by atoms with Crippen LogP contribution in [0.2, 0.25) is 0 Å². The molecule has 1 aromatic carbocycles. The third-order valence-corrected chi connectivity index (χ3v) is 6.43. The van der Waals surface area contributed by atoms with E-state index in [1.165, 1.54) is 18.6 Å². The Bertz CT molecular complexity index is 663. The van der Waals surface area contributed by atoms with Gasteiger partial charge < -0.3 is 20.5 Å². The fourth-order valence-corrected chi connectivity index (χ4v) is 4.92. The summed E-state index contributed by atoms with van der Waals surface area (Å²) >= 11 is 0. The number of nitrogens with one attached hydrogen (secondary N) is 1. The molecule has 1 amide bonds. The number of carbonyl (C=O) groups excluding carboxylic acids is 1. The van der Waals surface area contributed by atoms with Gasteiger partial charge in [-0.1, -0.05) is 6.42 Å². The first-order valence-corrected chi connectivity index (χ1v) is 10.2. The van der Waals surface area contributed by atoms with E-state index in [2.05, 4.69) is 5.32 Å². The Kier molecular flexibility index (Phi) is 5.64. The summed E-state index contributed by atoms with van der Waals surface area (Å²) in [6, 6.07) is 4.48. The lowest BCUT2D eigenvalue weighted by molar-refractivity contribution is -0.122. The molecule has 6 heteroatoms. The van der Waals surface area contributed by atoms with E-state index in [9.17, 15) is 9.18 Å². The lowest BCUT2D eigenvalue weighted by Crippen LogP contribution is -2.48. The highest BCUT2D eigenvalue weighted by atomic mass is 19.1. The number of nitrogens with two attached hydrogens (primary N) is 1. The molecule has 2 aliphatic carbocycles. The van der Waals surface area contributed by atoms with Crippen molar-refractivity contribution in [2.24, 2.45) is 23.5 Å². The Balaban J connectivity index is 1.41. The maximum Gasteiger partial charge on any atom is 0.227 e. The highest BCUT2D eigenvalue weighted by Crippen LogP contribution is 2.42. The molecular weight excluding hydrogens is 347 g/mol. The third-order valence-electron chi connectivity index (χ3n) is 6.43. The second-order valence-electron chi connectivity index (χ2n) is 8.27. The molecule has 0 radical (unpaired) electrons. The van der Waals surface area contributed by atoms with E-state index in [-0.39, 0.29) is 24.0 Å². The van der Waals surface area contributed by atoms with Crippen molar-refractivity contribution in [1.82, 2.24) is 0 Å². The van der Waals surface area contributed by atoms with Gasteiger partial charge in [0.1, 0.15) is 18.2 Å². The van der Waals surface area contributed by atoms with E-state index in [1.54, 1.807) is 6.07 Å². The molecule has 3 unspecified atom stereocenters. The van der Waals surface area contributed by atoms with Gasteiger partial charge >= 0.3 is 0 Å². The summed E-state index contributed by atoms with van der Waals surface area (Å²) in [5, 5.41) is 2.92. The fourth-order valence-electron chi connectivity index (χ4n) is 4.92. The normalized spacial score (nSPS) is 32.9. The van der Waals surface area contributed by atoms with Crippen molar-refractivity contribution in [3.8, 4) is 5.75 Å². The summed E-state index contributed by atoms with van der Waals surface area (Å²) in [5.41, 5.74) is 6.73. The zero-order valence-electron chi connectivity index (χ0n) is 15.7. The summed E-state index contributed by atoms with van der Waals surface area (Å²) in [6.07, 6.45) is 7.14. The Hall–Kier alpha value is -1.66. The SMILES string of the molecule is NC1C2CCCC1CC(C(=O)Nc1cc(F)ccc1OCC1CCCO1)C2. The molecule has 2 saturated carbocycles. The van der Waals surface area contributed by atoms with Gasteiger partial charge in [0.05, 0.1) is 11.8 Å². The van der Waals surface area contributed by atoms with Gasteiger partial charge in [-0.15, -0.1) is 0 Å². The lowest BCUT2D eigenvalue weighted by Gasteiger charge is -2.43. The smallest absolute Gasteiger partial charge is 0.227 e. The molecule has 27 heavy (non-hydrogen) atoms. The van der Waals surface area contributed by atoms with Crippen LogP contribution in [-0.4, -0.2) is 31.3 Å². The van der Waals surface area contributed by atoms with Crippen molar-refractivity contribution in [3.63, 3.8) is 0 Å². The molecule has 1 saturated heterocycles. The van der Waals surface area contributed by atoms with Crippen molar-refractivity contribution >= 4 is 11.6 Å². The number of carbonyl (C=O) groups is 1. The van der Waals surface area contributed by atoms with Crippen LogP contribution in [0.1, 0.15) is 44.9 Å². The monoisotopic (exact) mass is 376 g/mol. The van der Waals surface area contributed by atoms with Crippen molar-refractivity contribution in [3.05, 3.63) is 24.0 Å². The van der Waals surface area contributed by atoms with Gasteiger partial charge in [0.25, 0.3) is 0 Å². The Morgan fingerprint density at radius 2 is 2.00 bits per heavy atom. The maximum absolute atomic E-state index is 13.8. The molecule has 3 atom stereocenters. The molecule has 1 aliphatic heterocycles. The molecule has 0 aromatic heterocycles. The Morgan fingerprint density at radius 3 is 2.70 bits per heavy atom. The van der Waals surface area contributed by atoms with Crippen LogP contribution in [0.4, 0.5) is 10.1 Å². The molecule has 3 aliphatic rings. The summed E-state index contributed by atoms with van der Waals surface area (Å²) in [7, 11) is 0. The van der Waals surface area contributed by atoms with Crippen molar-refractivity contribution < 1.29 is 18.7 Å². The zero-order valence-corrected chi connectivity index (χ0v) is 15.7. The van der Waals surface area contributed by atoms with Crippen LogP contribution >= 0.6 is 0 Å². The van der Waals surface area contributed by atoms with Gasteiger partial charge in [0.2, 0.25) is 5.91 Å². The zero-order chi connectivity index (χ0) is 18.8. The van der Waals surface area contributed by atoms with E-state index >= 15 is 0 Å². The topological polar surface area (TPSA) is 73.6 Å². The van der Waals surface area contributed by atoms with Crippen LogP contribution in [0.15, 0.2) is 18.2 Å². The highest BCUT2D eigenvalue weighted by Gasteiger charge is 2.40. The first-order chi connectivity index (χ1) is 13.1. The molecule has 1 heterocycles. The van der Waals surface area contributed by atoms with Crippen LogP contribution in [0.25, 0.3) is 0 Å². The number of anilines is 1. The van der Waals surface area contributed by atoms with E-state index in [1.807, 2.05) is 0 Å². The van der Waals surface area contributed by atoms with Gasteiger partial charge in [-0.3, -0.25) is 4.79 Å². The van der Waals surface area contributed by atoms with Crippen molar-refractivity contribution in [2.75, 3.05) is 18.5 Å². The fraction of sp³-hybridized carbons (Fsp3) is 0.667. The van der Waals surface area contributed by atoms with Crippen LogP contribution in [0.5, 0.6) is 5.75 Å². The standard InChI is InChI=1S/C21H29FN2O3/c22-16-6-7-19(27-12-17-5-2-8-26-17)18(11-16)24-21(25)15-9-13-3-1-4-14(10-15)20(13)23/h6-7,11,13-15,17,20H,1-5,8-10,12,23H2,(H,24,25). The second-order valence-corrected chi connectivity index (χ2v) is 8.27. The number of hydrogen-bond donors (Lipinski definition) is 2. The van der Waals surface area contributed by atoms with Gasteiger partial charge in [-0.25, -0.2) is 4.39 Å². The maximum atomic E-state index is 13.8. The second kappa shape index (κ2) is 8.15. The minimum atomic E-state index is -0.391.